The molecule has 11 nitrogen and oxygen atoms in total. The molecule has 12 heteroatoms. The van der Waals surface area contributed by atoms with Crippen molar-refractivity contribution in [3.8, 4) is 22.8 Å². The zero-order valence-corrected chi connectivity index (χ0v) is 20.0. The third-order valence-corrected chi connectivity index (χ3v) is 6.21. The van der Waals surface area contributed by atoms with Crippen LogP contribution >= 0.6 is 11.3 Å². The van der Waals surface area contributed by atoms with Gasteiger partial charge in [-0.25, -0.2) is 14.8 Å². The van der Waals surface area contributed by atoms with E-state index in [1.165, 1.54) is 29.3 Å². The summed E-state index contributed by atoms with van der Waals surface area (Å²) in [5.41, 5.74) is 1.24. The van der Waals surface area contributed by atoms with Crippen molar-refractivity contribution in [1.29, 1.82) is 0 Å². The molecular formula is C22H24N6O5S. The average molecular weight is 485 g/mol. The lowest BCUT2D eigenvalue weighted by molar-refractivity contribution is -0.116. The van der Waals surface area contributed by atoms with Gasteiger partial charge in [0.05, 0.1) is 26.2 Å². The lowest BCUT2D eigenvalue weighted by atomic mass is 10.1. The molecule has 0 fully saturated rings. The molecule has 0 atom stereocenters. The predicted octanol–water partition coefficient (Wildman–Crippen LogP) is 1.99. The Bertz CT molecular complexity index is 1480. The zero-order valence-electron chi connectivity index (χ0n) is 19.2. The van der Waals surface area contributed by atoms with Gasteiger partial charge in [-0.05, 0) is 24.6 Å². The summed E-state index contributed by atoms with van der Waals surface area (Å²) in [5.74, 6) is 1.14. The zero-order chi connectivity index (χ0) is 24.4. The molecule has 0 bridgehead atoms. The van der Waals surface area contributed by atoms with Gasteiger partial charge < -0.3 is 19.4 Å². The number of hydrogen-bond donors (Lipinski definition) is 1. The maximum atomic E-state index is 12.5. The molecule has 1 amide bonds. The van der Waals surface area contributed by atoms with Crippen LogP contribution in [0.25, 0.3) is 22.4 Å². The standard InChI is InChI=1S/C22H24N6O5S/c1-26-19-18(20(30)27(2)22(26)31)28(12-23-19)9-5-6-17(29)25-21-24-15(11-34-21)14-10-13(32-3)7-8-16(14)33-4/h7-8,10-12H,5-6,9H2,1-4H3,(H,24,25,29). The monoisotopic (exact) mass is 484 g/mol. The number of carbonyl (C=O) groups is 1. The van der Waals surface area contributed by atoms with Gasteiger partial charge in [-0.1, -0.05) is 0 Å². The summed E-state index contributed by atoms with van der Waals surface area (Å²) in [4.78, 5) is 45.7. The van der Waals surface area contributed by atoms with E-state index in [0.717, 1.165) is 10.1 Å². The van der Waals surface area contributed by atoms with Gasteiger partial charge in [0, 0.05) is 38.0 Å². The Hall–Kier alpha value is -3.93. The number of ether oxygens (including phenoxy) is 2. The van der Waals surface area contributed by atoms with E-state index >= 15 is 0 Å². The fraction of sp³-hybridized carbons (Fsp3) is 0.318. The first kappa shape index (κ1) is 23.2. The van der Waals surface area contributed by atoms with Crippen LogP contribution in [0.15, 0.2) is 39.5 Å². The van der Waals surface area contributed by atoms with E-state index in [9.17, 15) is 14.4 Å². The van der Waals surface area contributed by atoms with Crippen LogP contribution in [0.5, 0.6) is 11.5 Å². The van der Waals surface area contributed by atoms with Crippen molar-refractivity contribution in [2.45, 2.75) is 19.4 Å². The number of anilines is 1. The third-order valence-electron chi connectivity index (χ3n) is 5.45. The van der Waals surface area contributed by atoms with E-state index < -0.39 is 11.2 Å². The maximum absolute atomic E-state index is 12.5. The fourth-order valence-electron chi connectivity index (χ4n) is 3.63. The van der Waals surface area contributed by atoms with Crippen LogP contribution in [0.1, 0.15) is 12.8 Å². The molecule has 4 rings (SSSR count). The Morgan fingerprint density at radius 3 is 2.68 bits per heavy atom. The summed E-state index contributed by atoms with van der Waals surface area (Å²) in [6, 6.07) is 5.43. The van der Waals surface area contributed by atoms with Gasteiger partial charge in [0.1, 0.15) is 11.5 Å². The minimum atomic E-state index is -0.434. The molecule has 0 saturated carbocycles. The number of imidazole rings is 1. The molecule has 3 heterocycles. The van der Waals surface area contributed by atoms with Crippen molar-refractivity contribution in [3.63, 3.8) is 0 Å². The summed E-state index contributed by atoms with van der Waals surface area (Å²) >= 11 is 1.31. The molecule has 0 unspecified atom stereocenters. The molecule has 1 N–H and O–H groups in total. The maximum Gasteiger partial charge on any atom is 0.332 e. The van der Waals surface area contributed by atoms with Crippen LogP contribution in [0.2, 0.25) is 0 Å². The molecule has 0 aliphatic heterocycles. The van der Waals surface area contributed by atoms with Gasteiger partial charge in [0.25, 0.3) is 5.56 Å². The van der Waals surface area contributed by atoms with Crippen LogP contribution in [0.3, 0.4) is 0 Å². The minimum absolute atomic E-state index is 0.191. The van der Waals surface area contributed by atoms with Crippen LogP contribution < -0.4 is 26.0 Å². The van der Waals surface area contributed by atoms with Crippen LogP contribution in [0, 0.1) is 0 Å². The fourth-order valence-corrected chi connectivity index (χ4v) is 4.35. The summed E-state index contributed by atoms with van der Waals surface area (Å²) < 4.78 is 14.7. The van der Waals surface area contributed by atoms with Gasteiger partial charge >= 0.3 is 5.69 Å². The molecule has 3 aromatic heterocycles. The highest BCUT2D eigenvalue weighted by molar-refractivity contribution is 7.14. The Labute approximate surface area is 198 Å². The number of nitrogens with zero attached hydrogens (tertiary/aromatic N) is 5. The highest BCUT2D eigenvalue weighted by Gasteiger charge is 2.15. The van der Waals surface area contributed by atoms with E-state index in [-0.39, 0.29) is 12.3 Å². The molecule has 0 saturated heterocycles. The van der Waals surface area contributed by atoms with Gasteiger partial charge in [-0.3, -0.25) is 18.7 Å². The van der Waals surface area contributed by atoms with Gasteiger partial charge in [0.15, 0.2) is 16.3 Å². The molecule has 0 radical (unpaired) electrons. The van der Waals surface area contributed by atoms with Crippen LogP contribution in [-0.2, 0) is 25.4 Å². The second-order valence-electron chi connectivity index (χ2n) is 7.57. The highest BCUT2D eigenvalue weighted by Crippen LogP contribution is 2.35. The Morgan fingerprint density at radius 1 is 1.15 bits per heavy atom. The van der Waals surface area contributed by atoms with Crippen molar-refractivity contribution >= 4 is 33.5 Å². The average Bonchev–Trinajstić information content (AvgIpc) is 3.48. The minimum Gasteiger partial charge on any atom is -0.497 e. The van der Waals surface area contributed by atoms with Gasteiger partial charge in [-0.15, -0.1) is 11.3 Å². The summed E-state index contributed by atoms with van der Waals surface area (Å²) in [5, 5.41) is 5.12. The summed E-state index contributed by atoms with van der Waals surface area (Å²) in [7, 11) is 6.17. The van der Waals surface area contributed by atoms with Crippen LogP contribution in [-0.4, -0.2) is 43.8 Å². The van der Waals surface area contributed by atoms with E-state index in [4.69, 9.17) is 9.47 Å². The first-order valence-corrected chi connectivity index (χ1v) is 11.3. The number of amides is 1. The number of thiazole rings is 1. The lowest BCUT2D eigenvalue weighted by Gasteiger charge is -2.08. The Morgan fingerprint density at radius 2 is 1.94 bits per heavy atom. The van der Waals surface area contributed by atoms with E-state index in [0.29, 0.717) is 46.5 Å². The molecule has 178 valence electrons. The van der Waals surface area contributed by atoms with E-state index in [1.54, 1.807) is 38.0 Å². The first-order chi connectivity index (χ1) is 16.3. The lowest BCUT2D eigenvalue weighted by Crippen LogP contribution is -2.37. The molecule has 0 spiro atoms. The second kappa shape index (κ2) is 9.51. The van der Waals surface area contributed by atoms with Gasteiger partial charge in [0.2, 0.25) is 5.91 Å². The first-order valence-electron chi connectivity index (χ1n) is 10.4. The van der Waals surface area contributed by atoms with E-state index in [2.05, 4.69) is 15.3 Å². The number of carbonyl (C=O) groups excluding carboxylic acids is 1. The number of fused-ring (bicyclic) bond motifs is 1. The third kappa shape index (κ3) is 4.31. The Balaban J connectivity index is 1.41. The number of benzene rings is 1. The van der Waals surface area contributed by atoms with E-state index in [1.807, 2.05) is 11.4 Å². The number of methoxy groups -OCH3 is 2. The SMILES string of the molecule is COc1ccc(OC)c(-c2csc(NC(=O)CCCn3cnc4c3c(=O)n(C)c(=O)n4C)n2)c1. The number of rotatable bonds is 8. The molecular weight excluding hydrogens is 460 g/mol. The molecule has 1 aromatic carbocycles. The van der Waals surface area contributed by atoms with Crippen molar-refractivity contribution in [3.05, 3.63) is 50.7 Å². The van der Waals surface area contributed by atoms with Gasteiger partial charge in [-0.2, -0.15) is 0 Å². The quantitative estimate of drug-likeness (QED) is 0.406. The van der Waals surface area contributed by atoms with Crippen molar-refractivity contribution in [2.75, 3.05) is 19.5 Å². The molecule has 0 aliphatic rings. The number of aryl methyl sites for hydroxylation is 2. The largest absolute Gasteiger partial charge is 0.497 e. The van der Waals surface area contributed by atoms with Crippen molar-refractivity contribution in [2.24, 2.45) is 14.1 Å². The second-order valence-corrected chi connectivity index (χ2v) is 8.43. The molecule has 34 heavy (non-hydrogen) atoms. The summed E-state index contributed by atoms with van der Waals surface area (Å²) in [6.45, 7) is 0.404. The van der Waals surface area contributed by atoms with Crippen molar-refractivity contribution < 1.29 is 14.3 Å². The number of nitrogens with one attached hydrogen (secondary N) is 1. The number of aromatic nitrogens is 5. The summed E-state index contributed by atoms with van der Waals surface area (Å²) in [6.07, 6.45) is 2.21. The predicted molar refractivity (Wildman–Crippen MR) is 129 cm³/mol. The number of hydrogen-bond acceptors (Lipinski definition) is 8. The Kier molecular flexibility index (Phi) is 6.50. The topological polar surface area (TPSA) is 122 Å². The molecule has 4 aromatic rings. The normalized spacial score (nSPS) is 11.1. The molecule has 0 aliphatic carbocycles. The van der Waals surface area contributed by atoms with Crippen molar-refractivity contribution in [1.82, 2.24) is 23.7 Å². The van der Waals surface area contributed by atoms with Crippen LogP contribution in [0.4, 0.5) is 5.13 Å². The highest BCUT2D eigenvalue weighted by atomic mass is 32.1. The smallest absolute Gasteiger partial charge is 0.332 e.